The van der Waals surface area contributed by atoms with E-state index in [1.54, 1.807) is 0 Å². The number of hydrogen-bond donors (Lipinski definition) is 0. The van der Waals surface area contributed by atoms with Crippen LogP contribution in [0, 0.1) is 0 Å². The molecule has 0 saturated heterocycles. The Morgan fingerprint density at radius 2 is 1.90 bits per heavy atom. The van der Waals surface area contributed by atoms with Gasteiger partial charge >= 0.3 is 0 Å². The molecule has 0 aliphatic heterocycles. The molecule has 0 aromatic carbocycles. The van der Waals surface area contributed by atoms with Crippen LogP contribution in [0.5, 0.6) is 0 Å². The fraction of sp³-hybridized carbons (Fsp3) is 1.00. The molecule has 0 spiro atoms. The van der Waals surface area contributed by atoms with Crippen LogP contribution in [0.4, 0.5) is 0 Å². The molecule has 0 aromatic heterocycles. The van der Waals surface area contributed by atoms with Gasteiger partial charge < -0.3 is 0 Å². The van der Waals surface area contributed by atoms with Crippen LogP contribution in [0.2, 0.25) is 12.1 Å². The van der Waals surface area contributed by atoms with Crippen molar-refractivity contribution in [2.75, 3.05) is 0 Å². The van der Waals surface area contributed by atoms with Crippen molar-refractivity contribution >= 4 is 26.6 Å². The maximum absolute atomic E-state index is 3.77. The van der Waals surface area contributed by atoms with Gasteiger partial charge in [-0.25, -0.2) is 0 Å². The molecule has 54 valence electrons. The predicted octanol–water partition coefficient (Wildman–Crippen LogP) is 1.73. The molecule has 0 amide bonds. The molecule has 0 heterocycles. The lowest BCUT2D eigenvalue weighted by molar-refractivity contribution is 0.503. The van der Waals surface area contributed by atoms with Crippen LogP contribution in [-0.2, 0) is 0 Å². The Kier molecular flexibility index (Phi) is 3.95. The quantitative estimate of drug-likeness (QED) is 0.571. The highest BCUT2D eigenvalue weighted by Crippen LogP contribution is 2.27. The second-order valence-corrected chi connectivity index (χ2v) is 12.3. The largest absolute Gasteiger partial charge is 0.0761 e. The molecular formula is C7H14Si3. The summed E-state index contributed by atoms with van der Waals surface area (Å²) in [5.41, 5.74) is 1.10. The van der Waals surface area contributed by atoms with Crippen molar-refractivity contribution in [3.05, 3.63) is 0 Å². The van der Waals surface area contributed by atoms with Gasteiger partial charge in [0.05, 0.1) is 0 Å². The van der Waals surface area contributed by atoms with Gasteiger partial charge in [-0.2, -0.15) is 0 Å². The smallest absolute Gasteiger partial charge is 0.0256 e. The van der Waals surface area contributed by atoms with Gasteiger partial charge in [0, 0.05) is 26.6 Å². The molecule has 6 radical (unpaired) electrons. The van der Waals surface area contributed by atoms with Gasteiger partial charge in [-0.1, -0.05) is 44.2 Å². The first-order chi connectivity index (χ1) is 4.79. The van der Waals surface area contributed by atoms with Gasteiger partial charge in [0.15, 0.2) is 0 Å². The van der Waals surface area contributed by atoms with Gasteiger partial charge in [0.25, 0.3) is 0 Å². The lowest BCUT2D eigenvalue weighted by Gasteiger charge is -2.21. The van der Waals surface area contributed by atoms with Crippen LogP contribution in [0.15, 0.2) is 0 Å². The molecule has 1 fully saturated rings. The van der Waals surface area contributed by atoms with Crippen molar-refractivity contribution in [3.63, 3.8) is 0 Å². The summed E-state index contributed by atoms with van der Waals surface area (Å²) in [6.45, 7) is 2.37. The first-order valence-electron chi connectivity index (χ1n) is 4.11. The maximum Gasteiger partial charge on any atom is 0.0256 e. The Bertz CT molecular complexity index is 86.9. The molecule has 1 aliphatic carbocycles. The Balaban J connectivity index is 2.13. The van der Waals surface area contributed by atoms with Crippen LogP contribution in [0.3, 0.4) is 0 Å². The van der Waals surface area contributed by atoms with Crippen LogP contribution in [0.25, 0.3) is 0 Å². The summed E-state index contributed by atoms with van der Waals surface area (Å²) in [6.07, 6.45) is 7.53. The van der Waals surface area contributed by atoms with Crippen molar-refractivity contribution in [2.45, 2.75) is 44.2 Å². The Morgan fingerprint density at radius 1 is 1.30 bits per heavy atom. The van der Waals surface area contributed by atoms with Crippen molar-refractivity contribution in [1.82, 2.24) is 0 Å². The number of hydrogen-bond acceptors (Lipinski definition) is 0. The van der Waals surface area contributed by atoms with E-state index < -0.39 is 0 Å². The van der Waals surface area contributed by atoms with E-state index >= 15 is 0 Å². The van der Waals surface area contributed by atoms with Crippen LogP contribution < -0.4 is 0 Å². The lowest BCUT2D eigenvalue weighted by Crippen LogP contribution is -2.24. The summed E-state index contributed by atoms with van der Waals surface area (Å²) in [5.74, 6) is 0. The van der Waals surface area contributed by atoms with Crippen LogP contribution >= 0.6 is 0 Å². The maximum atomic E-state index is 3.77. The third kappa shape index (κ3) is 3.16. The molecule has 10 heavy (non-hydrogen) atoms. The van der Waals surface area contributed by atoms with Crippen LogP contribution in [0.1, 0.15) is 32.1 Å². The minimum absolute atomic E-state index is 0.100. The highest BCUT2D eigenvalue weighted by atomic mass is 29.5. The minimum atomic E-state index is -0.100. The fourth-order valence-electron chi connectivity index (χ4n) is 1.55. The molecule has 3 heteroatoms. The van der Waals surface area contributed by atoms with E-state index in [2.05, 4.69) is 16.3 Å². The standard InChI is InChI=1S/C7H14Si3/c1-10(8)9-7-5-3-2-4-6-7/h7H,2-6H2,1H3. The summed E-state index contributed by atoms with van der Waals surface area (Å²) in [6, 6.07) is 0. The molecule has 0 bridgehead atoms. The monoisotopic (exact) mass is 182 g/mol. The van der Waals surface area contributed by atoms with Gasteiger partial charge in [0.2, 0.25) is 0 Å². The molecule has 0 atom stereocenters. The molecular weight excluding hydrogens is 168 g/mol. The van der Waals surface area contributed by atoms with E-state index in [-0.39, 0.29) is 7.83 Å². The molecule has 0 unspecified atom stereocenters. The Morgan fingerprint density at radius 3 is 2.40 bits per heavy atom. The third-order valence-corrected chi connectivity index (χ3v) is 7.27. The summed E-state index contributed by atoms with van der Waals surface area (Å²) in [4.78, 5) is 0. The number of rotatable bonds is 2. The molecule has 1 rings (SSSR count). The van der Waals surface area contributed by atoms with Crippen molar-refractivity contribution in [3.8, 4) is 0 Å². The Hall–Kier alpha value is 0.651. The summed E-state index contributed by atoms with van der Waals surface area (Å²) in [7, 11) is 4.92. The van der Waals surface area contributed by atoms with E-state index in [4.69, 9.17) is 0 Å². The first kappa shape index (κ1) is 8.74. The minimum Gasteiger partial charge on any atom is -0.0761 e. The average molecular weight is 182 g/mol. The molecule has 0 N–H and O–H groups in total. The van der Waals surface area contributed by atoms with Crippen molar-refractivity contribution in [1.29, 1.82) is 0 Å². The zero-order valence-electron chi connectivity index (χ0n) is 6.61. The molecule has 0 nitrogen and oxygen atoms in total. The summed E-state index contributed by atoms with van der Waals surface area (Å²) >= 11 is 0. The second-order valence-electron chi connectivity index (χ2n) is 3.10. The van der Waals surface area contributed by atoms with Crippen LogP contribution in [-0.4, -0.2) is 26.6 Å². The normalized spacial score (nSPS) is 21.9. The highest BCUT2D eigenvalue weighted by molar-refractivity contribution is 7.34. The van der Waals surface area contributed by atoms with E-state index in [0.717, 1.165) is 5.54 Å². The van der Waals surface area contributed by atoms with E-state index in [9.17, 15) is 0 Å². The predicted molar refractivity (Wildman–Crippen MR) is 50.0 cm³/mol. The van der Waals surface area contributed by atoms with Gasteiger partial charge in [-0.3, -0.25) is 0 Å². The Labute approximate surface area is 71.2 Å². The van der Waals surface area contributed by atoms with E-state index in [1.807, 2.05) is 0 Å². The fourth-order valence-corrected chi connectivity index (χ4v) is 7.40. The zero-order valence-corrected chi connectivity index (χ0v) is 9.61. The topological polar surface area (TPSA) is 0 Å². The van der Waals surface area contributed by atoms with Crippen molar-refractivity contribution < 1.29 is 0 Å². The van der Waals surface area contributed by atoms with Gasteiger partial charge in [0.1, 0.15) is 0 Å². The third-order valence-electron chi connectivity index (χ3n) is 2.03. The van der Waals surface area contributed by atoms with E-state index in [0.29, 0.717) is 0 Å². The SMILES string of the molecule is C[Si]([Si])[Si]C1CCCCC1. The molecule has 1 saturated carbocycles. The molecule has 1 aliphatic rings. The zero-order chi connectivity index (χ0) is 7.40. The van der Waals surface area contributed by atoms with Gasteiger partial charge in [-0.15, -0.1) is 0 Å². The molecule has 0 aromatic rings. The first-order valence-corrected chi connectivity index (χ1v) is 9.68. The van der Waals surface area contributed by atoms with E-state index in [1.165, 1.54) is 41.1 Å². The lowest BCUT2D eigenvalue weighted by atomic mass is 10.0. The summed E-state index contributed by atoms with van der Waals surface area (Å²) < 4.78 is 0. The highest BCUT2D eigenvalue weighted by Gasteiger charge is 2.15. The second kappa shape index (κ2) is 4.51. The van der Waals surface area contributed by atoms with Crippen molar-refractivity contribution in [2.24, 2.45) is 0 Å². The van der Waals surface area contributed by atoms with Gasteiger partial charge in [-0.05, 0) is 0 Å². The summed E-state index contributed by atoms with van der Waals surface area (Å²) in [5, 5.41) is 0. The average Bonchev–Trinajstić information content (AvgIpc) is 1.88.